The fourth-order valence-corrected chi connectivity index (χ4v) is 9.11. The van der Waals surface area contributed by atoms with Crippen LogP contribution in [0.1, 0.15) is 277 Å². The van der Waals surface area contributed by atoms with Crippen LogP contribution in [0.5, 0.6) is 0 Å². The van der Waals surface area contributed by atoms with Crippen LogP contribution in [0.2, 0.25) is 0 Å². The first kappa shape index (κ1) is 62.2. The van der Waals surface area contributed by atoms with Crippen molar-refractivity contribution in [2.24, 2.45) is 0 Å². The molecule has 0 aromatic heterocycles. The SMILES string of the molecule is CCCCCCCCCCCCCC/C=C/[C@@H](O)[C@H](COP(=O)([O-])OCC[N+](C)(C)C)NC(=O)CCCCCCCCCCCCCCCCCCCCCCCCCCCCC. The van der Waals surface area contributed by atoms with E-state index in [-0.39, 0.29) is 19.1 Å². The van der Waals surface area contributed by atoms with E-state index in [1.807, 2.05) is 27.2 Å². The Bertz CT molecular complexity index is 1040. The number of amides is 1. The zero-order valence-corrected chi connectivity index (χ0v) is 43.7. The Morgan fingerprint density at radius 1 is 0.540 bits per heavy atom. The first-order chi connectivity index (χ1) is 30.5. The zero-order chi connectivity index (χ0) is 46.4. The number of aliphatic hydroxyl groups excluding tert-OH is 1. The predicted molar refractivity (Wildman–Crippen MR) is 270 cm³/mol. The molecule has 0 aliphatic heterocycles. The Kier molecular flexibility index (Phi) is 45.8. The monoisotopic (exact) mass is 913 g/mol. The number of aliphatic hydroxyl groups is 1. The van der Waals surface area contributed by atoms with Crippen molar-refractivity contribution in [2.45, 2.75) is 289 Å². The highest BCUT2D eigenvalue weighted by Gasteiger charge is 2.23. The summed E-state index contributed by atoms with van der Waals surface area (Å²) >= 11 is 0. The Labute approximate surface area is 392 Å². The van der Waals surface area contributed by atoms with Gasteiger partial charge in [0.15, 0.2) is 0 Å². The van der Waals surface area contributed by atoms with Crippen LogP contribution in [-0.2, 0) is 18.4 Å². The molecule has 0 radical (unpaired) electrons. The van der Waals surface area contributed by atoms with Crippen molar-refractivity contribution in [3.8, 4) is 0 Å². The van der Waals surface area contributed by atoms with Gasteiger partial charge in [0.1, 0.15) is 13.2 Å². The molecular formula is C54H109N2O6P. The Morgan fingerprint density at radius 2 is 0.857 bits per heavy atom. The first-order valence-corrected chi connectivity index (χ1v) is 29.0. The van der Waals surface area contributed by atoms with E-state index in [1.165, 1.54) is 218 Å². The van der Waals surface area contributed by atoms with Crippen LogP contribution in [0.3, 0.4) is 0 Å². The molecule has 1 amide bonds. The molecule has 63 heavy (non-hydrogen) atoms. The molecule has 0 fully saturated rings. The van der Waals surface area contributed by atoms with Gasteiger partial charge in [0.2, 0.25) is 5.91 Å². The van der Waals surface area contributed by atoms with E-state index in [1.54, 1.807) is 6.08 Å². The van der Waals surface area contributed by atoms with Crippen molar-refractivity contribution < 1.29 is 32.9 Å². The zero-order valence-electron chi connectivity index (χ0n) is 42.8. The van der Waals surface area contributed by atoms with Crippen molar-refractivity contribution >= 4 is 13.7 Å². The Morgan fingerprint density at radius 3 is 1.19 bits per heavy atom. The van der Waals surface area contributed by atoms with Gasteiger partial charge in [-0.15, -0.1) is 0 Å². The summed E-state index contributed by atoms with van der Waals surface area (Å²) in [6, 6.07) is -0.881. The molecule has 1 unspecified atom stereocenters. The van der Waals surface area contributed by atoms with E-state index in [9.17, 15) is 19.4 Å². The number of phosphoric ester groups is 1. The Hall–Kier alpha value is -0.760. The number of carbonyl (C=O) groups is 1. The number of allylic oxidation sites excluding steroid dienone is 1. The van der Waals surface area contributed by atoms with Gasteiger partial charge in [-0.3, -0.25) is 9.36 Å². The van der Waals surface area contributed by atoms with Gasteiger partial charge in [-0.25, -0.2) is 0 Å². The summed E-state index contributed by atoms with van der Waals surface area (Å²) in [5.41, 5.74) is 0. The molecule has 8 nitrogen and oxygen atoms in total. The van der Waals surface area contributed by atoms with E-state index < -0.39 is 20.0 Å². The lowest BCUT2D eigenvalue weighted by atomic mass is 10.0. The third kappa shape index (κ3) is 49.0. The number of rotatable bonds is 51. The smallest absolute Gasteiger partial charge is 0.268 e. The van der Waals surface area contributed by atoms with Gasteiger partial charge in [0.05, 0.1) is 39.9 Å². The van der Waals surface area contributed by atoms with E-state index in [0.717, 1.165) is 38.5 Å². The summed E-state index contributed by atoms with van der Waals surface area (Å²) in [5.74, 6) is -0.191. The second-order valence-electron chi connectivity index (χ2n) is 20.3. The molecule has 0 saturated heterocycles. The number of hydrogen-bond donors (Lipinski definition) is 2. The van der Waals surface area contributed by atoms with Crippen molar-refractivity contribution in [1.29, 1.82) is 0 Å². The number of quaternary nitrogens is 1. The van der Waals surface area contributed by atoms with Crippen LogP contribution in [0.15, 0.2) is 12.2 Å². The van der Waals surface area contributed by atoms with E-state index in [2.05, 4.69) is 19.2 Å². The minimum Gasteiger partial charge on any atom is -0.756 e. The molecule has 9 heteroatoms. The van der Waals surface area contributed by atoms with Gasteiger partial charge in [-0.05, 0) is 19.3 Å². The summed E-state index contributed by atoms with van der Waals surface area (Å²) in [7, 11) is 1.28. The number of likely N-dealkylation sites (N-methyl/N-ethyl adjacent to an activating group) is 1. The number of hydrogen-bond acceptors (Lipinski definition) is 6. The van der Waals surface area contributed by atoms with Crippen molar-refractivity contribution in [3.63, 3.8) is 0 Å². The molecule has 0 spiro atoms. The maximum absolute atomic E-state index is 12.9. The molecule has 376 valence electrons. The molecule has 0 bridgehead atoms. The first-order valence-electron chi connectivity index (χ1n) is 27.6. The molecule has 0 aliphatic carbocycles. The third-order valence-electron chi connectivity index (χ3n) is 12.7. The van der Waals surface area contributed by atoms with E-state index in [0.29, 0.717) is 17.4 Å². The van der Waals surface area contributed by atoms with E-state index in [4.69, 9.17) is 9.05 Å². The quantitative estimate of drug-likeness (QED) is 0.0272. The molecule has 0 heterocycles. The van der Waals surface area contributed by atoms with Crippen molar-refractivity contribution in [1.82, 2.24) is 5.32 Å². The maximum atomic E-state index is 12.9. The lowest BCUT2D eigenvalue weighted by Crippen LogP contribution is -2.45. The molecule has 2 N–H and O–H groups in total. The highest BCUT2D eigenvalue weighted by atomic mass is 31.2. The van der Waals surface area contributed by atoms with Gasteiger partial charge in [0.25, 0.3) is 7.82 Å². The lowest BCUT2D eigenvalue weighted by Gasteiger charge is -2.29. The lowest BCUT2D eigenvalue weighted by molar-refractivity contribution is -0.870. The highest BCUT2D eigenvalue weighted by molar-refractivity contribution is 7.45. The molecule has 0 saturated carbocycles. The molecule has 3 atom stereocenters. The fraction of sp³-hybridized carbons (Fsp3) is 0.944. The van der Waals surface area contributed by atoms with Crippen LogP contribution in [0.25, 0.3) is 0 Å². The maximum Gasteiger partial charge on any atom is 0.268 e. The van der Waals surface area contributed by atoms with Gasteiger partial charge >= 0.3 is 0 Å². The second kappa shape index (κ2) is 46.4. The molecule has 0 aromatic carbocycles. The minimum atomic E-state index is -4.59. The number of nitrogens with one attached hydrogen (secondary N) is 1. The predicted octanol–water partition coefficient (Wildman–Crippen LogP) is 15.6. The van der Waals surface area contributed by atoms with E-state index >= 15 is 0 Å². The normalized spacial score (nSPS) is 14.1. The summed E-state index contributed by atoms with van der Waals surface area (Å²) < 4.78 is 23.3. The van der Waals surface area contributed by atoms with Gasteiger partial charge in [0, 0.05) is 6.42 Å². The average molecular weight is 913 g/mol. The average Bonchev–Trinajstić information content (AvgIpc) is 3.24. The van der Waals surface area contributed by atoms with Crippen LogP contribution in [-0.4, -0.2) is 68.5 Å². The topological polar surface area (TPSA) is 108 Å². The second-order valence-corrected chi connectivity index (χ2v) is 21.7. The number of carbonyl (C=O) groups excluding carboxylic acids is 1. The van der Waals surface area contributed by atoms with Crippen LogP contribution in [0.4, 0.5) is 0 Å². The van der Waals surface area contributed by atoms with Gasteiger partial charge < -0.3 is 28.8 Å². The highest BCUT2D eigenvalue weighted by Crippen LogP contribution is 2.38. The van der Waals surface area contributed by atoms with Crippen molar-refractivity contribution in [3.05, 3.63) is 12.2 Å². The van der Waals surface area contributed by atoms with Gasteiger partial charge in [-0.1, -0.05) is 264 Å². The number of nitrogens with zero attached hydrogens (tertiary/aromatic N) is 1. The summed E-state index contributed by atoms with van der Waals surface area (Å²) in [6.07, 6.45) is 55.7. The third-order valence-corrected chi connectivity index (χ3v) is 13.7. The van der Waals surface area contributed by atoms with Crippen LogP contribution >= 0.6 is 7.82 Å². The standard InChI is InChI=1S/C54H109N2O6P/c1-6-8-10-12-14-16-18-20-22-23-24-25-26-27-28-29-30-31-32-33-34-36-38-40-42-44-46-48-54(58)55-52(51-62-63(59,60)61-50-49-56(3,4)5)53(57)47-45-43-41-39-37-35-21-19-17-15-13-11-9-7-2/h45,47,52-53,57H,6-44,46,48-51H2,1-5H3,(H-,55,58,59,60)/b47-45+/t52-,53+/m0/s1. The van der Waals surface area contributed by atoms with Crippen LogP contribution in [0, 0.1) is 0 Å². The summed E-state index contributed by atoms with van der Waals surface area (Å²) in [4.78, 5) is 25.4. The molecule has 0 aliphatic rings. The largest absolute Gasteiger partial charge is 0.756 e. The minimum absolute atomic E-state index is 0.00242. The summed E-state index contributed by atoms with van der Waals surface area (Å²) in [5, 5.41) is 13.8. The van der Waals surface area contributed by atoms with Crippen molar-refractivity contribution in [2.75, 3.05) is 40.9 Å². The molecule has 0 aromatic rings. The summed E-state index contributed by atoms with van der Waals surface area (Å²) in [6.45, 7) is 4.68. The molecular weight excluding hydrogens is 804 g/mol. The molecule has 0 rings (SSSR count). The fourth-order valence-electron chi connectivity index (χ4n) is 8.39. The number of unbranched alkanes of at least 4 members (excludes halogenated alkanes) is 38. The van der Waals surface area contributed by atoms with Crippen LogP contribution < -0.4 is 10.2 Å². The Balaban J connectivity index is 4.10. The number of phosphoric acid groups is 1. The van der Waals surface area contributed by atoms with Gasteiger partial charge in [-0.2, -0.15) is 0 Å².